The van der Waals surface area contributed by atoms with Crippen molar-refractivity contribution >= 4 is 5.69 Å². The molecule has 2 aromatic rings. The van der Waals surface area contributed by atoms with Crippen molar-refractivity contribution in [2.24, 2.45) is 0 Å². The minimum atomic E-state index is 0.749. The van der Waals surface area contributed by atoms with Crippen LogP contribution in [-0.2, 0) is 11.4 Å². The maximum absolute atomic E-state index is 5.46. The van der Waals surface area contributed by atoms with Gasteiger partial charge in [0.05, 0.1) is 12.2 Å². The van der Waals surface area contributed by atoms with E-state index < -0.39 is 0 Å². The second-order valence-electron chi connectivity index (χ2n) is 3.98. The summed E-state index contributed by atoms with van der Waals surface area (Å²) in [5.41, 5.74) is 4.85. The number of fused-ring (bicyclic) bond motifs is 3. The number of anilines is 1. The Bertz CT molecular complexity index is 562. The third kappa shape index (κ3) is 1.58. The van der Waals surface area contributed by atoms with Gasteiger partial charge in [-0.1, -0.05) is 49.0 Å². The molecule has 0 saturated carbocycles. The highest BCUT2D eigenvalue weighted by molar-refractivity contribution is 5.82. The lowest BCUT2D eigenvalue weighted by atomic mass is 9.95. The van der Waals surface area contributed by atoms with E-state index in [4.69, 9.17) is 4.84 Å². The topological polar surface area (TPSA) is 12.5 Å². The molecule has 0 fully saturated rings. The summed E-state index contributed by atoms with van der Waals surface area (Å²) in [4.78, 5) is 5.46. The highest BCUT2D eigenvalue weighted by atomic mass is 16.7. The molecule has 2 aromatic carbocycles. The smallest absolute Gasteiger partial charge is 0.112 e. The van der Waals surface area contributed by atoms with E-state index in [9.17, 15) is 0 Å². The summed E-state index contributed by atoms with van der Waals surface area (Å²) in [5.74, 6) is 0. The molecule has 1 aliphatic heterocycles. The Labute approximate surface area is 101 Å². The summed E-state index contributed by atoms with van der Waals surface area (Å²) in [5, 5.41) is 1.87. The van der Waals surface area contributed by atoms with Gasteiger partial charge in [-0.25, -0.2) is 5.06 Å². The van der Waals surface area contributed by atoms with Gasteiger partial charge in [-0.05, 0) is 17.2 Å². The highest BCUT2D eigenvalue weighted by Crippen LogP contribution is 2.38. The minimum Gasteiger partial charge on any atom is -0.388 e. The lowest BCUT2D eigenvalue weighted by Crippen LogP contribution is -2.24. The molecule has 84 valence electrons. The van der Waals surface area contributed by atoms with Gasteiger partial charge in [-0.2, -0.15) is 0 Å². The Balaban J connectivity index is 2.19. The van der Waals surface area contributed by atoms with Gasteiger partial charge in [0.2, 0.25) is 0 Å². The predicted octanol–water partition coefficient (Wildman–Crippen LogP) is 3.75. The maximum atomic E-state index is 5.46. The van der Waals surface area contributed by atoms with Crippen LogP contribution in [0.5, 0.6) is 0 Å². The molecule has 0 amide bonds. The fraction of sp³-hybridized carbons (Fsp3) is 0.0667. The molecular formula is C15H13NO. The van der Waals surface area contributed by atoms with Crippen LogP contribution >= 0.6 is 0 Å². The molecule has 0 atom stereocenters. The van der Waals surface area contributed by atoms with Crippen molar-refractivity contribution in [3.05, 3.63) is 66.9 Å². The van der Waals surface area contributed by atoms with Gasteiger partial charge in [0.1, 0.15) is 6.26 Å². The minimum absolute atomic E-state index is 0.749. The predicted molar refractivity (Wildman–Crippen MR) is 69.3 cm³/mol. The van der Waals surface area contributed by atoms with Crippen LogP contribution in [0.25, 0.3) is 11.1 Å². The molecule has 0 aromatic heterocycles. The van der Waals surface area contributed by atoms with Crippen molar-refractivity contribution < 1.29 is 4.84 Å². The van der Waals surface area contributed by atoms with Crippen LogP contribution < -0.4 is 5.06 Å². The zero-order chi connectivity index (χ0) is 11.7. The van der Waals surface area contributed by atoms with E-state index in [0.29, 0.717) is 0 Å². The first kappa shape index (κ1) is 9.97. The summed E-state index contributed by atoms with van der Waals surface area (Å²) in [6.07, 6.45) is 1.46. The lowest BCUT2D eigenvalue weighted by molar-refractivity contribution is 0.210. The summed E-state index contributed by atoms with van der Waals surface area (Å²) < 4.78 is 0. The van der Waals surface area contributed by atoms with Crippen LogP contribution in [0.1, 0.15) is 5.56 Å². The molecular weight excluding hydrogens is 210 g/mol. The Hall–Kier alpha value is -2.22. The van der Waals surface area contributed by atoms with Crippen LogP contribution in [0, 0.1) is 0 Å². The van der Waals surface area contributed by atoms with E-state index in [1.54, 1.807) is 0 Å². The third-order valence-electron chi connectivity index (χ3n) is 3.00. The van der Waals surface area contributed by atoms with E-state index in [1.165, 1.54) is 23.0 Å². The fourth-order valence-electron chi connectivity index (χ4n) is 2.26. The molecule has 0 spiro atoms. The van der Waals surface area contributed by atoms with Crippen molar-refractivity contribution in [3.63, 3.8) is 0 Å². The molecule has 1 heterocycles. The first-order chi connectivity index (χ1) is 8.40. The monoisotopic (exact) mass is 223 g/mol. The van der Waals surface area contributed by atoms with Crippen molar-refractivity contribution in [1.29, 1.82) is 0 Å². The Morgan fingerprint density at radius 3 is 2.53 bits per heavy atom. The van der Waals surface area contributed by atoms with Gasteiger partial charge < -0.3 is 4.84 Å². The average Bonchev–Trinajstić information content (AvgIpc) is 2.39. The molecule has 0 unspecified atom stereocenters. The average molecular weight is 223 g/mol. The lowest BCUT2D eigenvalue weighted by Gasteiger charge is -2.30. The van der Waals surface area contributed by atoms with Crippen molar-refractivity contribution in [2.45, 2.75) is 6.54 Å². The van der Waals surface area contributed by atoms with Gasteiger partial charge in [0, 0.05) is 5.56 Å². The van der Waals surface area contributed by atoms with E-state index in [0.717, 1.165) is 12.2 Å². The van der Waals surface area contributed by atoms with Crippen molar-refractivity contribution in [1.82, 2.24) is 0 Å². The first-order valence-electron chi connectivity index (χ1n) is 5.62. The van der Waals surface area contributed by atoms with E-state index >= 15 is 0 Å². The van der Waals surface area contributed by atoms with E-state index in [-0.39, 0.29) is 0 Å². The Kier molecular flexibility index (Phi) is 2.33. The second-order valence-corrected chi connectivity index (χ2v) is 3.98. The number of para-hydroxylation sites is 1. The van der Waals surface area contributed by atoms with Gasteiger partial charge in [-0.3, -0.25) is 0 Å². The van der Waals surface area contributed by atoms with Gasteiger partial charge in [0.25, 0.3) is 0 Å². The number of rotatable bonds is 2. The molecule has 0 bridgehead atoms. The first-order valence-corrected chi connectivity index (χ1v) is 5.62. The Morgan fingerprint density at radius 2 is 1.71 bits per heavy atom. The molecule has 1 aliphatic rings. The molecule has 0 saturated heterocycles. The zero-order valence-corrected chi connectivity index (χ0v) is 9.47. The normalized spacial score (nSPS) is 12.6. The standard InChI is InChI=1S/C15H13NO/c1-2-17-16-11-12-7-3-4-8-13(12)14-9-5-6-10-15(14)16/h2-10H,1,11H2. The third-order valence-corrected chi connectivity index (χ3v) is 3.00. The van der Waals surface area contributed by atoms with Crippen molar-refractivity contribution in [2.75, 3.05) is 5.06 Å². The number of hydrogen-bond acceptors (Lipinski definition) is 2. The van der Waals surface area contributed by atoms with Gasteiger partial charge >= 0.3 is 0 Å². The zero-order valence-electron chi connectivity index (χ0n) is 9.47. The molecule has 2 nitrogen and oxygen atoms in total. The summed E-state index contributed by atoms with van der Waals surface area (Å²) >= 11 is 0. The van der Waals surface area contributed by atoms with Crippen LogP contribution in [0.4, 0.5) is 5.69 Å². The number of benzene rings is 2. The number of hydroxylamine groups is 1. The molecule has 0 aliphatic carbocycles. The molecule has 0 radical (unpaired) electrons. The Morgan fingerprint density at radius 1 is 1.00 bits per heavy atom. The molecule has 17 heavy (non-hydrogen) atoms. The molecule has 2 heteroatoms. The quantitative estimate of drug-likeness (QED) is 0.719. The van der Waals surface area contributed by atoms with Crippen LogP contribution in [-0.4, -0.2) is 0 Å². The molecule has 3 rings (SSSR count). The SMILES string of the molecule is C=CON1Cc2ccccc2-c2ccccc21. The molecule has 0 N–H and O–H groups in total. The highest BCUT2D eigenvalue weighted by Gasteiger charge is 2.21. The maximum Gasteiger partial charge on any atom is 0.112 e. The summed E-state index contributed by atoms with van der Waals surface area (Å²) in [6.45, 7) is 4.37. The van der Waals surface area contributed by atoms with Crippen molar-refractivity contribution in [3.8, 4) is 11.1 Å². The number of hydrogen-bond donors (Lipinski definition) is 0. The fourth-order valence-corrected chi connectivity index (χ4v) is 2.26. The van der Waals surface area contributed by atoms with Crippen LogP contribution in [0.2, 0.25) is 0 Å². The van der Waals surface area contributed by atoms with Crippen LogP contribution in [0.15, 0.2) is 61.4 Å². The van der Waals surface area contributed by atoms with E-state index in [1.807, 2.05) is 17.2 Å². The van der Waals surface area contributed by atoms with E-state index in [2.05, 4.69) is 43.0 Å². The van der Waals surface area contributed by atoms with Gasteiger partial charge in [-0.15, -0.1) is 0 Å². The largest absolute Gasteiger partial charge is 0.388 e. The van der Waals surface area contributed by atoms with Crippen LogP contribution in [0.3, 0.4) is 0 Å². The second kappa shape index (κ2) is 3.98. The summed E-state index contributed by atoms with van der Waals surface area (Å²) in [6, 6.07) is 16.7. The van der Waals surface area contributed by atoms with Gasteiger partial charge in [0.15, 0.2) is 0 Å². The summed E-state index contributed by atoms with van der Waals surface area (Å²) in [7, 11) is 0. The number of nitrogens with zero attached hydrogens (tertiary/aromatic N) is 1.